The smallest absolute Gasteiger partial charge is 0.240 e. The molecule has 20 heavy (non-hydrogen) atoms. The number of hydrogen-bond donors (Lipinski definition) is 0. The van der Waals surface area contributed by atoms with Crippen molar-refractivity contribution in [1.82, 2.24) is 14.5 Å². The standard InChI is InChI=1S/C15H22FN3O/c1-11-17-9-14(15(20)13(16)10-18(2)3)19(11)12-7-5-4-6-8-12/h9-10,12H,4-8H2,1-3H3/b13-10+. The zero-order valence-corrected chi connectivity index (χ0v) is 12.4. The van der Waals surface area contributed by atoms with E-state index in [4.69, 9.17) is 0 Å². The summed E-state index contributed by atoms with van der Waals surface area (Å²) < 4.78 is 15.8. The average Bonchev–Trinajstić information content (AvgIpc) is 2.80. The van der Waals surface area contributed by atoms with Gasteiger partial charge in [-0.05, 0) is 19.8 Å². The SMILES string of the molecule is Cc1ncc(C(=O)/C(F)=C\N(C)C)n1C1CCCCC1. The third-order valence-corrected chi connectivity index (χ3v) is 3.74. The van der Waals surface area contributed by atoms with Crippen LogP contribution in [0.4, 0.5) is 4.39 Å². The predicted octanol–water partition coefficient (Wildman–Crippen LogP) is 3.25. The van der Waals surface area contributed by atoms with E-state index >= 15 is 0 Å². The van der Waals surface area contributed by atoms with Crippen LogP contribution in [0.25, 0.3) is 0 Å². The van der Waals surface area contributed by atoms with Crippen LogP contribution in [0.3, 0.4) is 0 Å². The number of halogens is 1. The first kappa shape index (κ1) is 14.8. The molecule has 0 unspecified atom stereocenters. The van der Waals surface area contributed by atoms with Crippen molar-refractivity contribution >= 4 is 5.78 Å². The molecule has 1 aliphatic carbocycles. The molecule has 0 spiro atoms. The number of carbonyl (C=O) groups is 1. The number of allylic oxidation sites excluding steroid dienone is 1. The molecular formula is C15H22FN3O. The maximum Gasteiger partial charge on any atom is 0.240 e. The molecule has 1 aromatic rings. The fourth-order valence-corrected chi connectivity index (χ4v) is 2.83. The van der Waals surface area contributed by atoms with Crippen molar-refractivity contribution < 1.29 is 9.18 Å². The molecule has 1 heterocycles. The summed E-state index contributed by atoms with van der Waals surface area (Å²) in [6.07, 6.45) is 8.33. The Kier molecular flexibility index (Phi) is 4.57. The van der Waals surface area contributed by atoms with Crippen LogP contribution in [0.1, 0.15) is 54.5 Å². The third kappa shape index (κ3) is 3.08. The van der Waals surface area contributed by atoms with Gasteiger partial charge in [0.25, 0.3) is 0 Å². The second-order valence-electron chi connectivity index (χ2n) is 5.62. The molecule has 1 saturated carbocycles. The summed E-state index contributed by atoms with van der Waals surface area (Å²) in [4.78, 5) is 18.0. The number of carbonyl (C=O) groups excluding carboxylic acids is 1. The van der Waals surface area contributed by atoms with Gasteiger partial charge in [0.2, 0.25) is 5.78 Å². The van der Waals surface area contributed by atoms with Crippen LogP contribution in [-0.4, -0.2) is 34.3 Å². The topological polar surface area (TPSA) is 38.1 Å². The van der Waals surface area contributed by atoms with Gasteiger partial charge in [0, 0.05) is 26.3 Å². The van der Waals surface area contributed by atoms with E-state index < -0.39 is 11.6 Å². The van der Waals surface area contributed by atoms with Crippen LogP contribution in [0.15, 0.2) is 18.2 Å². The Bertz CT molecular complexity index is 513. The molecule has 0 bridgehead atoms. The van der Waals surface area contributed by atoms with Crippen LogP contribution in [0.2, 0.25) is 0 Å². The van der Waals surface area contributed by atoms with Crippen molar-refractivity contribution in [2.45, 2.75) is 45.1 Å². The van der Waals surface area contributed by atoms with Crippen LogP contribution in [0.5, 0.6) is 0 Å². The van der Waals surface area contributed by atoms with Crippen molar-refractivity contribution in [1.29, 1.82) is 0 Å². The van der Waals surface area contributed by atoms with Gasteiger partial charge in [0.05, 0.1) is 6.20 Å². The van der Waals surface area contributed by atoms with Crippen LogP contribution < -0.4 is 0 Å². The molecule has 1 aromatic heterocycles. The highest BCUT2D eigenvalue weighted by Gasteiger charge is 2.25. The first-order valence-corrected chi connectivity index (χ1v) is 7.13. The minimum absolute atomic E-state index is 0.275. The fourth-order valence-electron chi connectivity index (χ4n) is 2.83. The number of aryl methyl sites for hydroxylation is 1. The van der Waals surface area contributed by atoms with Crippen LogP contribution in [-0.2, 0) is 0 Å². The Balaban J connectivity index is 2.30. The van der Waals surface area contributed by atoms with Crippen molar-refractivity contribution in [3.05, 3.63) is 29.7 Å². The Hall–Kier alpha value is -1.65. The molecule has 110 valence electrons. The number of rotatable bonds is 4. The number of nitrogens with zero attached hydrogens (tertiary/aromatic N) is 3. The Labute approximate surface area is 119 Å². The van der Waals surface area contributed by atoms with Gasteiger partial charge < -0.3 is 9.47 Å². The lowest BCUT2D eigenvalue weighted by atomic mass is 9.95. The van der Waals surface area contributed by atoms with E-state index in [1.165, 1.54) is 23.7 Å². The molecule has 0 aromatic carbocycles. The minimum atomic E-state index is -0.744. The second kappa shape index (κ2) is 6.20. The summed E-state index contributed by atoms with van der Waals surface area (Å²) >= 11 is 0. The Morgan fingerprint density at radius 2 is 2.05 bits per heavy atom. The molecule has 1 fully saturated rings. The summed E-state index contributed by atoms with van der Waals surface area (Å²) in [5.41, 5.74) is 0.366. The molecule has 2 rings (SSSR count). The monoisotopic (exact) mass is 279 g/mol. The van der Waals surface area contributed by atoms with Gasteiger partial charge in [-0.25, -0.2) is 9.37 Å². The number of ketones is 1. The van der Waals surface area contributed by atoms with Gasteiger partial charge in [-0.15, -0.1) is 0 Å². The van der Waals surface area contributed by atoms with Crippen molar-refractivity contribution in [3.63, 3.8) is 0 Å². The van der Waals surface area contributed by atoms with Gasteiger partial charge in [-0.2, -0.15) is 0 Å². The van der Waals surface area contributed by atoms with E-state index in [0.29, 0.717) is 5.69 Å². The van der Waals surface area contributed by atoms with Crippen LogP contribution >= 0.6 is 0 Å². The highest BCUT2D eigenvalue weighted by molar-refractivity contribution is 6.05. The van der Waals surface area contributed by atoms with Crippen molar-refractivity contribution in [3.8, 4) is 0 Å². The minimum Gasteiger partial charge on any atom is -0.381 e. The summed E-state index contributed by atoms with van der Waals surface area (Å²) in [7, 11) is 3.38. The van der Waals surface area contributed by atoms with E-state index in [1.54, 1.807) is 14.1 Å². The van der Waals surface area contributed by atoms with Crippen LogP contribution in [0, 0.1) is 6.92 Å². The predicted molar refractivity (Wildman–Crippen MR) is 76.3 cm³/mol. The lowest BCUT2D eigenvalue weighted by Crippen LogP contribution is -2.19. The second-order valence-corrected chi connectivity index (χ2v) is 5.62. The molecule has 0 N–H and O–H groups in total. The lowest BCUT2D eigenvalue weighted by molar-refractivity contribution is 0.0989. The van der Waals surface area contributed by atoms with E-state index in [1.807, 2.05) is 11.5 Å². The molecule has 0 amide bonds. The van der Waals surface area contributed by atoms with Gasteiger partial charge in [0.15, 0.2) is 5.83 Å². The molecule has 5 heteroatoms. The number of hydrogen-bond acceptors (Lipinski definition) is 3. The zero-order chi connectivity index (χ0) is 14.7. The number of aromatic nitrogens is 2. The largest absolute Gasteiger partial charge is 0.381 e. The molecule has 0 saturated heterocycles. The number of imidazole rings is 1. The van der Waals surface area contributed by atoms with Gasteiger partial charge in [-0.1, -0.05) is 19.3 Å². The van der Waals surface area contributed by atoms with E-state index in [2.05, 4.69) is 4.98 Å². The van der Waals surface area contributed by atoms with Crippen molar-refractivity contribution in [2.24, 2.45) is 0 Å². The first-order valence-electron chi connectivity index (χ1n) is 7.13. The highest BCUT2D eigenvalue weighted by Crippen LogP contribution is 2.31. The van der Waals surface area contributed by atoms with E-state index in [9.17, 15) is 9.18 Å². The summed E-state index contributed by atoms with van der Waals surface area (Å²) in [5.74, 6) is -0.533. The molecule has 0 radical (unpaired) electrons. The summed E-state index contributed by atoms with van der Waals surface area (Å²) in [6.45, 7) is 1.87. The normalized spacial score (nSPS) is 17.3. The zero-order valence-electron chi connectivity index (χ0n) is 12.4. The van der Waals surface area contributed by atoms with Gasteiger partial charge in [0.1, 0.15) is 11.5 Å². The van der Waals surface area contributed by atoms with Gasteiger partial charge in [-0.3, -0.25) is 4.79 Å². The van der Waals surface area contributed by atoms with Gasteiger partial charge >= 0.3 is 0 Å². The summed E-state index contributed by atoms with van der Waals surface area (Å²) in [6, 6.07) is 0.275. The maximum absolute atomic E-state index is 13.9. The van der Waals surface area contributed by atoms with E-state index in [0.717, 1.165) is 31.5 Å². The lowest BCUT2D eigenvalue weighted by Gasteiger charge is -2.25. The van der Waals surface area contributed by atoms with E-state index in [-0.39, 0.29) is 6.04 Å². The Morgan fingerprint density at radius 1 is 1.40 bits per heavy atom. The average molecular weight is 279 g/mol. The highest BCUT2D eigenvalue weighted by atomic mass is 19.1. The summed E-state index contributed by atoms with van der Waals surface area (Å²) in [5, 5.41) is 0. The Morgan fingerprint density at radius 3 is 2.65 bits per heavy atom. The molecular weight excluding hydrogens is 257 g/mol. The first-order chi connectivity index (χ1) is 9.50. The number of Topliss-reactive ketones (excluding diaryl/α,β-unsaturated/α-hetero) is 1. The quantitative estimate of drug-likeness (QED) is 0.627. The molecule has 1 aliphatic rings. The third-order valence-electron chi connectivity index (χ3n) is 3.74. The molecule has 4 nitrogen and oxygen atoms in total. The molecule has 0 atom stereocenters. The fraction of sp³-hybridized carbons (Fsp3) is 0.600. The van der Waals surface area contributed by atoms with Crippen molar-refractivity contribution in [2.75, 3.05) is 14.1 Å². The molecule has 0 aliphatic heterocycles. The maximum atomic E-state index is 13.9.